The molecule has 2 heterocycles. The minimum atomic E-state index is -0.919. The predicted molar refractivity (Wildman–Crippen MR) is 85.0 cm³/mol. The first-order valence-electron chi connectivity index (χ1n) is 7.45. The smallest absolute Gasteiger partial charge is 0.407 e. The van der Waals surface area contributed by atoms with E-state index in [4.69, 9.17) is 16.1 Å². The van der Waals surface area contributed by atoms with Gasteiger partial charge >= 0.3 is 6.09 Å². The van der Waals surface area contributed by atoms with E-state index in [2.05, 4.69) is 5.16 Å². The van der Waals surface area contributed by atoms with E-state index < -0.39 is 6.09 Å². The maximum Gasteiger partial charge on any atom is 0.407 e. The maximum absolute atomic E-state index is 11.5. The van der Waals surface area contributed by atoms with Crippen LogP contribution in [0.1, 0.15) is 30.1 Å². The van der Waals surface area contributed by atoms with E-state index in [9.17, 15) is 14.7 Å². The number of piperidine rings is 1. The molecule has 1 saturated heterocycles. The van der Waals surface area contributed by atoms with Crippen LogP contribution in [0.4, 0.5) is 4.79 Å². The summed E-state index contributed by atoms with van der Waals surface area (Å²) < 4.78 is 5.19. The second kappa shape index (κ2) is 6.50. The molecular weight excluding hydrogens is 320 g/mol. The molecule has 0 radical (unpaired) electrons. The summed E-state index contributed by atoms with van der Waals surface area (Å²) in [6.45, 7) is 0.424. The first-order chi connectivity index (χ1) is 11.0. The Morgan fingerprint density at radius 2 is 2.13 bits per heavy atom. The van der Waals surface area contributed by atoms with Gasteiger partial charge in [0, 0.05) is 29.6 Å². The molecule has 1 aromatic carbocycles. The lowest BCUT2D eigenvalue weighted by Gasteiger charge is -2.37. The first kappa shape index (κ1) is 15.7. The molecule has 1 amide bonds. The van der Waals surface area contributed by atoms with Crippen molar-refractivity contribution in [2.24, 2.45) is 0 Å². The molecule has 23 heavy (non-hydrogen) atoms. The number of nitrogens with one attached hydrogen (secondary N) is 1. The summed E-state index contributed by atoms with van der Waals surface area (Å²) in [5, 5.41) is 12.4. The summed E-state index contributed by atoms with van der Waals surface area (Å²) in [6.07, 6.45) is 0.951. The molecule has 0 aliphatic carbocycles. The number of likely N-dealkylation sites (tertiary alicyclic amines) is 1. The monoisotopic (exact) mass is 336 g/mol. The van der Waals surface area contributed by atoms with Crippen molar-refractivity contribution in [1.82, 2.24) is 10.1 Å². The van der Waals surface area contributed by atoms with Gasteiger partial charge in [-0.1, -0.05) is 23.7 Å². The van der Waals surface area contributed by atoms with Crippen molar-refractivity contribution >= 4 is 17.7 Å². The molecule has 1 aliphatic rings. The molecule has 7 heteroatoms. The number of hydrogen-bond acceptors (Lipinski definition) is 3. The summed E-state index contributed by atoms with van der Waals surface area (Å²) in [5.41, 5.74) is 0.761. The number of carbonyl (C=O) groups is 1. The van der Waals surface area contributed by atoms with Crippen LogP contribution in [0.15, 0.2) is 39.6 Å². The van der Waals surface area contributed by atoms with E-state index in [1.54, 1.807) is 12.1 Å². The third-order valence-corrected chi connectivity index (χ3v) is 4.54. The van der Waals surface area contributed by atoms with Crippen LogP contribution in [-0.4, -0.2) is 33.8 Å². The fraction of sp³-hybridized carbons (Fsp3) is 0.375. The molecule has 0 bridgehead atoms. The molecule has 0 saturated carbocycles. The highest BCUT2D eigenvalue weighted by Crippen LogP contribution is 2.32. The van der Waals surface area contributed by atoms with Crippen LogP contribution in [-0.2, 0) is 6.42 Å². The number of aromatic nitrogens is 1. The Morgan fingerprint density at radius 1 is 1.39 bits per heavy atom. The van der Waals surface area contributed by atoms with Crippen LogP contribution in [0, 0.1) is 0 Å². The van der Waals surface area contributed by atoms with Crippen molar-refractivity contribution < 1.29 is 14.4 Å². The molecular formula is C16H17ClN2O4. The van der Waals surface area contributed by atoms with Crippen molar-refractivity contribution in [2.75, 3.05) is 6.54 Å². The molecule has 122 valence electrons. The highest BCUT2D eigenvalue weighted by Gasteiger charge is 2.33. The van der Waals surface area contributed by atoms with Crippen molar-refractivity contribution in [3.05, 3.63) is 57.0 Å². The van der Waals surface area contributed by atoms with E-state index in [0.29, 0.717) is 36.6 Å². The van der Waals surface area contributed by atoms with Gasteiger partial charge in [0.05, 0.1) is 0 Å². The Labute approximate surface area is 137 Å². The molecule has 0 spiro atoms. The van der Waals surface area contributed by atoms with Gasteiger partial charge in [0.1, 0.15) is 5.76 Å². The Kier molecular flexibility index (Phi) is 4.43. The zero-order chi connectivity index (χ0) is 16.4. The fourth-order valence-corrected chi connectivity index (χ4v) is 3.27. The summed E-state index contributed by atoms with van der Waals surface area (Å²) in [7, 11) is 0. The second-order valence-electron chi connectivity index (χ2n) is 5.80. The number of benzene rings is 1. The Hall–Kier alpha value is -2.21. The van der Waals surface area contributed by atoms with E-state index in [1.807, 2.05) is 12.1 Å². The number of halogens is 1. The van der Waals surface area contributed by atoms with Gasteiger partial charge < -0.3 is 14.5 Å². The maximum atomic E-state index is 11.5. The molecule has 2 N–H and O–H groups in total. The zero-order valence-corrected chi connectivity index (χ0v) is 13.1. The summed E-state index contributed by atoms with van der Waals surface area (Å²) in [5.74, 6) is 0.642. The Balaban J connectivity index is 1.78. The van der Waals surface area contributed by atoms with Gasteiger partial charge in [-0.25, -0.2) is 4.79 Å². The molecule has 1 fully saturated rings. The van der Waals surface area contributed by atoms with Crippen molar-refractivity contribution in [3.63, 3.8) is 0 Å². The molecule has 6 nitrogen and oxygen atoms in total. The van der Waals surface area contributed by atoms with Gasteiger partial charge in [0.15, 0.2) is 0 Å². The molecule has 1 aliphatic heterocycles. The average molecular weight is 337 g/mol. The van der Waals surface area contributed by atoms with Gasteiger partial charge in [0.25, 0.3) is 5.56 Å². The lowest BCUT2D eigenvalue weighted by Crippen LogP contribution is -2.46. The third-order valence-electron chi connectivity index (χ3n) is 4.29. The van der Waals surface area contributed by atoms with Crippen LogP contribution in [0.25, 0.3) is 0 Å². The SMILES string of the molecule is O=C(O)N1CCC(c2cc(=O)[nH]o2)CC1Cc1ccc(Cl)cc1. The van der Waals surface area contributed by atoms with E-state index >= 15 is 0 Å². The van der Waals surface area contributed by atoms with Crippen molar-refractivity contribution in [1.29, 1.82) is 0 Å². The number of amides is 1. The number of carboxylic acid groups (broad SMARTS) is 1. The van der Waals surface area contributed by atoms with Gasteiger partial charge in [0.2, 0.25) is 0 Å². The minimum absolute atomic E-state index is 0.0434. The lowest BCUT2D eigenvalue weighted by molar-refractivity contribution is 0.0968. The normalized spacial score (nSPS) is 21.3. The van der Waals surface area contributed by atoms with Gasteiger partial charge in [-0.05, 0) is 37.0 Å². The minimum Gasteiger partial charge on any atom is -0.465 e. The van der Waals surface area contributed by atoms with Gasteiger partial charge in [-0.3, -0.25) is 4.79 Å². The number of nitrogens with zero attached hydrogens (tertiary/aromatic N) is 1. The Morgan fingerprint density at radius 3 is 2.74 bits per heavy atom. The molecule has 1 aromatic heterocycles. The van der Waals surface area contributed by atoms with Crippen LogP contribution < -0.4 is 5.56 Å². The van der Waals surface area contributed by atoms with Crippen LogP contribution in [0.3, 0.4) is 0 Å². The molecule has 2 atom stereocenters. The van der Waals surface area contributed by atoms with Crippen LogP contribution in [0.2, 0.25) is 5.02 Å². The second-order valence-corrected chi connectivity index (χ2v) is 6.23. The number of hydrogen-bond donors (Lipinski definition) is 2. The number of rotatable bonds is 3. The highest BCUT2D eigenvalue weighted by atomic mass is 35.5. The summed E-state index contributed by atoms with van der Waals surface area (Å²) in [6, 6.07) is 8.69. The van der Waals surface area contributed by atoms with E-state index in [1.165, 1.54) is 11.0 Å². The van der Waals surface area contributed by atoms with E-state index in [0.717, 1.165) is 5.56 Å². The molecule has 2 unspecified atom stereocenters. The van der Waals surface area contributed by atoms with Gasteiger partial charge in [-0.15, -0.1) is 0 Å². The Bertz CT molecular complexity index is 737. The largest absolute Gasteiger partial charge is 0.465 e. The number of aromatic amines is 1. The zero-order valence-electron chi connectivity index (χ0n) is 12.4. The summed E-state index contributed by atoms with van der Waals surface area (Å²) in [4.78, 5) is 24.2. The highest BCUT2D eigenvalue weighted by molar-refractivity contribution is 6.30. The van der Waals surface area contributed by atoms with Gasteiger partial charge in [-0.2, -0.15) is 5.16 Å². The number of H-pyrrole nitrogens is 1. The van der Waals surface area contributed by atoms with Crippen LogP contribution >= 0.6 is 11.6 Å². The summed E-state index contributed by atoms with van der Waals surface area (Å²) >= 11 is 5.89. The average Bonchev–Trinajstić information content (AvgIpc) is 2.96. The van der Waals surface area contributed by atoms with Crippen molar-refractivity contribution in [2.45, 2.75) is 31.2 Å². The molecule has 2 aromatic rings. The predicted octanol–water partition coefficient (Wildman–Crippen LogP) is 3.09. The standard InChI is InChI=1S/C16H17ClN2O4/c17-12-3-1-10(2-4-12)7-13-8-11(5-6-19(13)16(21)22)14-9-15(20)18-23-14/h1-4,9,11,13H,5-8H2,(H,18,20)(H,21,22). The van der Waals surface area contributed by atoms with Crippen LogP contribution in [0.5, 0.6) is 0 Å². The topological polar surface area (TPSA) is 86.5 Å². The fourth-order valence-electron chi connectivity index (χ4n) is 3.15. The van der Waals surface area contributed by atoms with Crippen molar-refractivity contribution in [3.8, 4) is 0 Å². The first-order valence-corrected chi connectivity index (χ1v) is 7.83. The molecule has 3 rings (SSSR count). The quantitative estimate of drug-likeness (QED) is 0.901. The third kappa shape index (κ3) is 3.59. The van der Waals surface area contributed by atoms with E-state index in [-0.39, 0.29) is 17.5 Å². The lowest BCUT2D eigenvalue weighted by atomic mass is 9.86.